The Morgan fingerprint density at radius 2 is 1.86 bits per heavy atom. The van der Waals surface area contributed by atoms with Gasteiger partial charge in [-0.2, -0.15) is 0 Å². The standard InChI is InChI=1S/C17H25Cl2NO/c1-12(13-6-4-2-3-5-7-13)20-11-17(21)15-10-14(18)8-9-16(15)19/h8-10,12-13,17,20-21H,2-7,11H2,1H3/t12-,17?/m0/s1. The van der Waals surface area contributed by atoms with Gasteiger partial charge in [0.25, 0.3) is 0 Å². The maximum atomic E-state index is 10.3. The van der Waals surface area contributed by atoms with E-state index in [1.54, 1.807) is 18.2 Å². The van der Waals surface area contributed by atoms with E-state index in [1.165, 1.54) is 38.5 Å². The number of rotatable bonds is 5. The molecule has 0 amide bonds. The van der Waals surface area contributed by atoms with E-state index in [2.05, 4.69) is 12.2 Å². The minimum Gasteiger partial charge on any atom is -0.387 e. The quantitative estimate of drug-likeness (QED) is 0.747. The molecular formula is C17H25Cl2NO. The third-order valence-electron chi connectivity index (χ3n) is 4.56. The lowest BCUT2D eigenvalue weighted by Gasteiger charge is -2.25. The normalized spacial score (nSPS) is 20.0. The molecule has 2 atom stereocenters. The van der Waals surface area contributed by atoms with Crippen LogP contribution in [0.2, 0.25) is 10.0 Å². The maximum absolute atomic E-state index is 10.3. The largest absolute Gasteiger partial charge is 0.387 e. The molecule has 1 aliphatic rings. The summed E-state index contributed by atoms with van der Waals surface area (Å²) in [6, 6.07) is 5.64. The zero-order valence-electron chi connectivity index (χ0n) is 12.6. The number of aliphatic hydroxyl groups is 1. The Balaban J connectivity index is 1.87. The van der Waals surface area contributed by atoms with Gasteiger partial charge in [0.05, 0.1) is 6.10 Å². The van der Waals surface area contributed by atoms with Crippen molar-refractivity contribution in [3.8, 4) is 0 Å². The van der Waals surface area contributed by atoms with Gasteiger partial charge in [-0.25, -0.2) is 0 Å². The van der Waals surface area contributed by atoms with Crippen LogP contribution in [-0.4, -0.2) is 17.7 Å². The molecule has 1 aromatic carbocycles. The van der Waals surface area contributed by atoms with Gasteiger partial charge in [-0.3, -0.25) is 0 Å². The van der Waals surface area contributed by atoms with E-state index in [9.17, 15) is 5.11 Å². The molecule has 1 fully saturated rings. The SMILES string of the molecule is C[C@H](NCC(O)c1cc(Cl)ccc1Cl)C1CCCCCC1. The number of benzene rings is 1. The molecule has 0 spiro atoms. The van der Waals surface area contributed by atoms with E-state index in [-0.39, 0.29) is 0 Å². The first-order valence-corrected chi connectivity index (χ1v) is 8.70. The summed E-state index contributed by atoms with van der Waals surface area (Å²) in [5.74, 6) is 0.717. The lowest BCUT2D eigenvalue weighted by Crippen LogP contribution is -2.36. The van der Waals surface area contributed by atoms with E-state index in [1.807, 2.05) is 0 Å². The second kappa shape index (κ2) is 8.38. The molecular weight excluding hydrogens is 305 g/mol. The van der Waals surface area contributed by atoms with Crippen LogP contribution in [0.5, 0.6) is 0 Å². The zero-order chi connectivity index (χ0) is 15.2. The number of hydrogen-bond donors (Lipinski definition) is 2. The third kappa shape index (κ3) is 5.14. The second-order valence-corrected chi connectivity index (χ2v) is 6.97. The van der Waals surface area contributed by atoms with Crippen molar-refractivity contribution in [3.63, 3.8) is 0 Å². The van der Waals surface area contributed by atoms with Crippen molar-refractivity contribution in [2.75, 3.05) is 6.54 Å². The fourth-order valence-corrected chi connectivity index (χ4v) is 3.58. The summed E-state index contributed by atoms with van der Waals surface area (Å²) in [5.41, 5.74) is 0.699. The Bertz CT molecular complexity index is 444. The number of aliphatic hydroxyl groups excluding tert-OH is 1. The van der Waals surface area contributed by atoms with Crippen LogP contribution in [0.15, 0.2) is 18.2 Å². The van der Waals surface area contributed by atoms with Crippen LogP contribution in [0.3, 0.4) is 0 Å². The van der Waals surface area contributed by atoms with E-state index in [0.717, 1.165) is 5.92 Å². The molecule has 21 heavy (non-hydrogen) atoms. The van der Waals surface area contributed by atoms with E-state index in [0.29, 0.717) is 28.2 Å². The molecule has 0 heterocycles. The van der Waals surface area contributed by atoms with Crippen molar-refractivity contribution in [2.45, 2.75) is 57.6 Å². The molecule has 0 aromatic heterocycles. The maximum Gasteiger partial charge on any atom is 0.0929 e. The van der Waals surface area contributed by atoms with Gasteiger partial charge in [-0.1, -0.05) is 48.9 Å². The molecule has 2 nitrogen and oxygen atoms in total. The molecule has 1 aromatic rings. The smallest absolute Gasteiger partial charge is 0.0929 e. The summed E-state index contributed by atoms with van der Waals surface area (Å²) in [5, 5.41) is 15.0. The summed E-state index contributed by atoms with van der Waals surface area (Å²) >= 11 is 12.1. The van der Waals surface area contributed by atoms with Crippen molar-refractivity contribution < 1.29 is 5.11 Å². The lowest BCUT2D eigenvalue weighted by molar-refractivity contribution is 0.164. The minimum absolute atomic E-state index is 0.427. The third-order valence-corrected chi connectivity index (χ3v) is 5.14. The summed E-state index contributed by atoms with van der Waals surface area (Å²) in [7, 11) is 0. The lowest BCUT2D eigenvalue weighted by atomic mass is 9.93. The second-order valence-electron chi connectivity index (χ2n) is 6.13. The Morgan fingerprint density at radius 1 is 1.19 bits per heavy atom. The van der Waals surface area contributed by atoms with Gasteiger partial charge in [0.1, 0.15) is 0 Å². The molecule has 0 radical (unpaired) electrons. The Kier molecular flexibility index (Phi) is 6.81. The molecule has 2 rings (SSSR count). The summed E-state index contributed by atoms with van der Waals surface area (Å²) < 4.78 is 0. The molecule has 0 saturated heterocycles. The topological polar surface area (TPSA) is 32.3 Å². The monoisotopic (exact) mass is 329 g/mol. The van der Waals surface area contributed by atoms with Gasteiger partial charge in [-0.05, 0) is 43.9 Å². The fraction of sp³-hybridized carbons (Fsp3) is 0.647. The van der Waals surface area contributed by atoms with Crippen LogP contribution in [0.1, 0.15) is 57.1 Å². The summed E-state index contributed by atoms with van der Waals surface area (Å²) in [6.45, 7) is 2.74. The Hall–Kier alpha value is -0.280. The van der Waals surface area contributed by atoms with Crippen molar-refractivity contribution in [3.05, 3.63) is 33.8 Å². The van der Waals surface area contributed by atoms with Crippen LogP contribution >= 0.6 is 23.2 Å². The Labute approximate surface area is 137 Å². The molecule has 1 unspecified atom stereocenters. The number of hydrogen-bond acceptors (Lipinski definition) is 2. The fourth-order valence-electron chi connectivity index (χ4n) is 3.16. The van der Waals surface area contributed by atoms with Crippen molar-refractivity contribution in [1.82, 2.24) is 5.32 Å². The van der Waals surface area contributed by atoms with Crippen LogP contribution in [0, 0.1) is 5.92 Å². The first-order chi connectivity index (χ1) is 10.1. The highest BCUT2D eigenvalue weighted by atomic mass is 35.5. The van der Waals surface area contributed by atoms with Gasteiger partial charge in [0.15, 0.2) is 0 Å². The van der Waals surface area contributed by atoms with Gasteiger partial charge < -0.3 is 10.4 Å². The molecule has 2 N–H and O–H groups in total. The number of nitrogens with one attached hydrogen (secondary N) is 1. The minimum atomic E-state index is -0.621. The highest BCUT2D eigenvalue weighted by Crippen LogP contribution is 2.28. The van der Waals surface area contributed by atoms with E-state index >= 15 is 0 Å². The molecule has 0 bridgehead atoms. The molecule has 1 saturated carbocycles. The van der Waals surface area contributed by atoms with E-state index < -0.39 is 6.10 Å². The first kappa shape index (κ1) is 17.1. The van der Waals surface area contributed by atoms with Crippen molar-refractivity contribution in [1.29, 1.82) is 0 Å². The predicted molar refractivity (Wildman–Crippen MR) is 90.1 cm³/mol. The van der Waals surface area contributed by atoms with Crippen LogP contribution in [0.4, 0.5) is 0 Å². The van der Waals surface area contributed by atoms with Crippen LogP contribution in [0.25, 0.3) is 0 Å². The van der Waals surface area contributed by atoms with Crippen LogP contribution in [-0.2, 0) is 0 Å². The van der Waals surface area contributed by atoms with Crippen molar-refractivity contribution in [2.24, 2.45) is 5.92 Å². The summed E-state index contributed by atoms with van der Waals surface area (Å²) in [6.07, 6.45) is 7.36. The Morgan fingerprint density at radius 3 is 2.52 bits per heavy atom. The highest BCUT2D eigenvalue weighted by molar-refractivity contribution is 6.33. The molecule has 4 heteroatoms. The van der Waals surface area contributed by atoms with Crippen molar-refractivity contribution >= 4 is 23.2 Å². The average Bonchev–Trinajstić information content (AvgIpc) is 2.76. The molecule has 0 aliphatic heterocycles. The molecule has 1 aliphatic carbocycles. The van der Waals surface area contributed by atoms with Gasteiger partial charge >= 0.3 is 0 Å². The van der Waals surface area contributed by atoms with Crippen LogP contribution < -0.4 is 5.32 Å². The first-order valence-electron chi connectivity index (χ1n) is 7.94. The predicted octanol–water partition coefficient (Wildman–Crippen LogP) is 4.98. The number of halogens is 2. The van der Waals surface area contributed by atoms with Gasteiger partial charge in [-0.15, -0.1) is 0 Å². The van der Waals surface area contributed by atoms with Gasteiger partial charge in [0.2, 0.25) is 0 Å². The average molecular weight is 330 g/mol. The highest BCUT2D eigenvalue weighted by Gasteiger charge is 2.20. The van der Waals surface area contributed by atoms with Gasteiger partial charge in [0, 0.05) is 28.2 Å². The zero-order valence-corrected chi connectivity index (χ0v) is 14.1. The van der Waals surface area contributed by atoms with E-state index in [4.69, 9.17) is 23.2 Å². The summed E-state index contributed by atoms with van der Waals surface area (Å²) in [4.78, 5) is 0. The molecule has 118 valence electrons.